The lowest BCUT2D eigenvalue weighted by Gasteiger charge is -2.17. The molecule has 1 atom stereocenters. The van der Waals surface area contributed by atoms with Crippen LogP contribution in [-0.2, 0) is 9.59 Å². The van der Waals surface area contributed by atoms with Gasteiger partial charge in [-0.2, -0.15) is 0 Å². The second-order valence-electron chi connectivity index (χ2n) is 3.92. The molecule has 6 heteroatoms. The largest absolute Gasteiger partial charge is 0.504 e. The lowest BCUT2D eigenvalue weighted by molar-refractivity contribution is -0.123. The van der Waals surface area contributed by atoms with E-state index in [4.69, 9.17) is 17.3 Å². The average Bonchev–Trinajstić information content (AvgIpc) is 2.65. The molecule has 0 spiro atoms. The van der Waals surface area contributed by atoms with Crippen molar-refractivity contribution in [3.05, 3.63) is 23.2 Å². The molecule has 17 heavy (non-hydrogen) atoms. The molecule has 5 nitrogen and oxygen atoms in total. The number of hydrogen-bond donors (Lipinski definition) is 2. The van der Waals surface area contributed by atoms with Crippen LogP contribution in [0.5, 0.6) is 5.75 Å². The van der Waals surface area contributed by atoms with E-state index in [9.17, 15) is 14.7 Å². The number of nitrogens with zero attached hydrogens (tertiary/aromatic N) is 1. The van der Waals surface area contributed by atoms with Gasteiger partial charge in [0.1, 0.15) is 0 Å². The summed E-state index contributed by atoms with van der Waals surface area (Å²) in [7, 11) is 0. The maximum atomic E-state index is 11.7. The van der Waals surface area contributed by atoms with Gasteiger partial charge in [-0.1, -0.05) is 17.7 Å². The van der Waals surface area contributed by atoms with E-state index in [1.165, 1.54) is 11.0 Å². The number of carbonyl (C=O) groups is 2. The Hall–Kier alpha value is -1.75. The van der Waals surface area contributed by atoms with Crippen LogP contribution in [0, 0.1) is 5.92 Å². The van der Waals surface area contributed by atoms with Crippen LogP contribution in [0.1, 0.15) is 6.42 Å². The molecular weight excluding hydrogens is 244 g/mol. The molecule has 1 saturated heterocycles. The van der Waals surface area contributed by atoms with Gasteiger partial charge in [0, 0.05) is 13.0 Å². The number of rotatable bonds is 2. The van der Waals surface area contributed by atoms with Gasteiger partial charge in [0.15, 0.2) is 5.75 Å². The fourth-order valence-electron chi connectivity index (χ4n) is 1.85. The Morgan fingerprint density at radius 3 is 2.82 bits per heavy atom. The normalized spacial score (nSPS) is 19.7. The molecule has 0 bridgehead atoms. The number of nitrogens with two attached hydrogens (primary N) is 1. The van der Waals surface area contributed by atoms with Crippen LogP contribution in [-0.4, -0.2) is 23.5 Å². The van der Waals surface area contributed by atoms with Crippen molar-refractivity contribution in [2.75, 3.05) is 11.4 Å². The third-order valence-corrected chi connectivity index (χ3v) is 3.09. The molecule has 2 amide bonds. The van der Waals surface area contributed by atoms with E-state index in [1.54, 1.807) is 12.1 Å². The third-order valence-electron chi connectivity index (χ3n) is 2.78. The molecule has 3 N–H and O–H groups in total. The Kier molecular flexibility index (Phi) is 2.93. The first-order valence-electron chi connectivity index (χ1n) is 5.08. The molecule has 90 valence electrons. The highest BCUT2D eigenvalue weighted by atomic mass is 35.5. The minimum atomic E-state index is -0.513. The maximum Gasteiger partial charge on any atom is 0.227 e. The van der Waals surface area contributed by atoms with Gasteiger partial charge in [-0.05, 0) is 12.1 Å². The van der Waals surface area contributed by atoms with Crippen LogP contribution < -0.4 is 10.6 Å². The molecule has 0 aromatic heterocycles. The summed E-state index contributed by atoms with van der Waals surface area (Å²) < 4.78 is 0. The highest BCUT2D eigenvalue weighted by molar-refractivity contribution is 6.32. The van der Waals surface area contributed by atoms with Gasteiger partial charge in [0.25, 0.3) is 0 Å². The summed E-state index contributed by atoms with van der Waals surface area (Å²) in [5, 5.41) is 9.92. The monoisotopic (exact) mass is 254 g/mol. The van der Waals surface area contributed by atoms with E-state index in [1.807, 2.05) is 0 Å². The minimum Gasteiger partial charge on any atom is -0.504 e. The number of phenolic OH excluding ortho intramolecular Hbond substituents is 1. The van der Waals surface area contributed by atoms with Crippen molar-refractivity contribution in [1.82, 2.24) is 0 Å². The van der Waals surface area contributed by atoms with E-state index in [-0.39, 0.29) is 29.6 Å². The highest BCUT2D eigenvalue weighted by Crippen LogP contribution is 2.36. The number of amides is 2. The predicted molar refractivity (Wildman–Crippen MR) is 62.8 cm³/mol. The van der Waals surface area contributed by atoms with Crippen molar-refractivity contribution in [3.63, 3.8) is 0 Å². The average molecular weight is 255 g/mol. The Bertz CT molecular complexity index is 490. The zero-order valence-corrected chi connectivity index (χ0v) is 9.65. The van der Waals surface area contributed by atoms with Crippen molar-refractivity contribution in [2.45, 2.75) is 6.42 Å². The minimum absolute atomic E-state index is 0.0707. The number of primary amides is 1. The summed E-state index contributed by atoms with van der Waals surface area (Å²) in [5.74, 6) is -1.43. The first-order valence-corrected chi connectivity index (χ1v) is 5.45. The number of carbonyl (C=O) groups excluding carboxylic acids is 2. The Morgan fingerprint density at radius 1 is 1.53 bits per heavy atom. The second kappa shape index (κ2) is 4.25. The van der Waals surface area contributed by atoms with Crippen LogP contribution in [0.2, 0.25) is 5.02 Å². The van der Waals surface area contributed by atoms with Gasteiger partial charge in [-0.3, -0.25) is 9.59 Å². The third kappa shape index (κ3) is 2.06. The van der Waals surface area contributed by atoms with Gasteiger partial charge < -0.3 is 15.7 Å². The molecule has 1 unspecified atom stereocenters. The molecular formula is C11H11ClN2O3. The Balaban J connectivity index is 2.32. The van der Waals surface area contributed by atoms with E-state index in [0.717, 1.165) is 0 Å². The van der Waals surface area contributed by atoms with Gasteiger partial charge in [-0.15, -0.1) is 0 Å². The van der Waals surface area contributed by atoms with Crippen LogP contribution in [0.15, 0.2) is 18.2 Å². The smallest absolute Gasteiger partial charge is 0.227 e. The molecule has 0 saturated carbocycles. The van der Waals surface area contributed by atoms with Gasteiger partial charge in [-0.25, -0.2) is 0 Å². The SMILES string of the molecule is NC(=O)C1CC(=O)N(c2cccc(Cl)c2O)C1. The van der Waals surface area contributed by atoms with Crippen molar-refractivity contribution < 1.29 is 14.7 Å². The molecule has 1 heterocycles. The molecule has 1 fully saturated rings. The van der Waals surface area contributed by atoms with E-state index >= 15 is 0 Å². The number of benzene rings is 1. The van der Waals surface area contributed by atoms with E-state index in [2.05, 4.69) is 0 Å². The van der Waals surface area contributed by atoms with Crippen LogP contribution >= 0.6 is 11.6 Å². The fourth-order valence-corrected chi connectivity index (χ4v) is 2.02. The van der Waals surface area contributed by atoms with Gasteiger partial charge >= 0.3 is 0 Å². The summed E-state index contributed by atoms with van der Waals surface area (Å²) in [6.45, 7) is 0.183. The zero-order chi connectivity index (χ0) is 12.6. The first kappa shape index (κ1) is 11.7. The first-order chi connectivity index (χ1) is 8.00. The lowest BCUT2D eigenvalue weighted by atomic mass is 10.1. The molecule has 0 aliphatic carbocycles. The number of hydrogen-bond acceptors (Lipinski definition) is 3. The molecule has 0 radical (unpaired) electrons. The quantitative estimate of drug-likeness (QED) is 0.822. The lowest BCUT2D eigenvalue weighted by Crippen LogP contribution is -2.28. The number of phenols is 1. The van der Waals surface area contributed by atoms with Crippen molar-refractivity contribution in [2.24, 2.45) is 11.7 Å². The summed E-state index contributed by atoms with van der Waals surface area (Å²) in [6.07, 6.45) is 0.0707. The molecule has 1 aliphatic heterocycles. The topological polar surface area (TPSA) is 83.6 Å². The summed E-state index contributed by atoms with van der Waals surface area (Å²) >= 11 is 5.76. The number of aromatic hydroxyl groups is 1. The standard InChI is InChI=1S/C11H11ClN2O3/c12-7-2-1-3-8(10(7)16)14-5-6(11(13)17)4-9(14)15/h1-3,6,16H,4-5H2,(H2,13,17). The maximum absolute atomic E-state index is 11.7. The molecule has 1 aromatic rings. The zero-order valence-electron chi connectivity index (χ0n) is 8.89. The molecule has 2 rings (SSSR count). The van der Waals surface area contributed by atoms with Crippen LogP contribution in [0.25, 0.3) is 0 Å². The van der Waals surface area contributed by atoms with Crippen molar-refractivity contribution >= 4 is 29.1 Å². The predicted octanol–water partition coefficient (Wildman–Crippen LogP) is 0.884. The summed E-state index contributed by atoms with van der Waals surface area (Å²) in [5.41, 5.74) is 5.47. The van der Waals surface area contributed by atoms with Crippen molar-refractivity contribution in [1.29, 1.82) is 0 Å². The van der Waals surface area contributed by atoms with Crippen LogP contribution in [0.4, 0.5) is 5.69 Å². The van der Waals surface area contributed by atoms with Crippen molar-refractivity contribution in [3.8, 4) is 5.75 Å². The Morgan fingerprint density at radius 2 is 2.24 bits per heavy atom. The van der Waals surface area contributed by atoms with E-state index < -0.39 is 11.8 Å². The summed E-state index contributed by atoms with van der Waals surface area (Å²) in [4.78, 5) is 24.1. The number of halogens is 1. The fraction of sp³-hybridized carbons (Fsp3) is 0.273. The van der Waals surface area contributed by atoms with E-state index in [0.29, 0.717) is 5.69 Å². The Labute approximate surface area is 103 Å². The molecule has 1 aliphatic rings. The summed E-state index contributed by atoms with van der Waals surface area (Å²) in [6, 6.07) is 4.72. The van der Waals surface area contributed by atoms with Gasteiger partial charge in [0.2, 0.25) is 11.8 Å². The van der Waals surface area contributed by atoms with Crippen LogP contribution in [0.3, 0.4) is 0 Å². The van der Waals surface area contributed by atoms with Gasteiger partial charge in [0.05, 0.1) is 16.6 Å². The number of anilines is 1. The number of para-hydroxylation sites is 1. The second-order valence-corrected chi connectivity index (χ2v) is 4.32. The molecule has 1 aromatic carbocycles. The highest BCUT2D eigenvalue weighted by Gasteiger charge is 2.35.